The lowest BCUT2D eigenvalue weighted by Crippen LogP contribution is -2.33. The monoisotopic (exact) mass is 285 g/mol. The molecule has 1 saturated heterocycles. The van der Waals surface area contributed by atoms with Crippen LogP contribution in [0.3, 0.4) is 0 Å². The van der Waals surface area contributed by atoms with E-state index < -0.39 is 9.84 Å². The zero-order chi connectivity index (χ0) is 13.7. The van der Waals surface area contributed by atoms with E-state index in [9.17, 15) is 8.42 Å². The summed E-state index contributed by atoms with van der Waals surface area (Å²) in [6.45, 7) is 2.59. The Morgan fingerprint density at radius 2 is 2.05 bits per heavy atom. The Morgan fingerprint density at radius 3 is 2.63 bits per heavy atom. The molecular weight excluding hydrogens is 266 g/mol. The fraction of sp³-hybridized carbons (Fsp3) is 0.538. The van der Waals surface area contributed by atoms with E-state index in [1.54, 1.807) is 12.1 Å². The number of ether oxygens (including phenoxy) is 2. The summed E-state index contributed by atoms with van der Waals surface area (Å²) in [6, 6.07) is 6.93. The summed E-state index contributed by atoms with van der Waals surface area (Å²) in [4.78, 5) is 0.351. The fourth-order valence-electron chi connectivity index (χ4n) is 1.89. The molecule has 0 amide bonds. The summed E-state index contributed by atoms with van der Waals surface area (Å²) in [5.41, 5.74) is 1.06. The molecule has 6 heteroatoms. The van der Waals surface area contributed by atoms with Gasteiger partial charge in [-0.1, -0.05) is 12.1 Å². The van der Waals surface area contributed by atoms with Crippen LogP contribution in [0.5, 0.6) is 0 Å². The van der Waals surface area contributed by atoms with E-state index in [0.29, 0.717) is 18.2 Å². The van der Waals surface area contributed by atoms with Gasteiger partial charge in [0.25, 0.3) is 0 Å². The van der Waals surface area contributed by atoms with Crippen LogP contribution in [0, 0.1) is 0 Å². The molecule has 2 rings (SSSR count). The Balaban J connectivity index is 1.80. The van der Waals surface area contributed by atoms with E-state index in [1.165, 1.54) is 6.26 Å². The van der Waals surface area contributed by atoms with Crippen LogP contribution in [0.15, 0.2) is 29.2 Å². The van der Waals surface area contributed by atoms with Crippen molar-refractivity contribution in [2.75, 3.05) is 26.2 Å². The summed E-state index contributed by atoms with van der Waals surface area (Å²) in [5.74, 6) is 0. The van der Waals surface area contributed by atoms with Crippen molar-refractivity contribution in [3.8, 4) is 0 Å². The lowest BCUT2D eigenvalue weighted by atomic mass is 10.2. The molecule has 0 spiro atoms. The van der Waals surface area contributed by atoms with E-state index in [1.807, 2.05) is 12.1 Å². The minimum absolute atomic E-state index is 0.198. The largest absolute Gasteiger partial charge is 0.355 e. The second kappa shape index (κ2) is 6.47. The molecular formula is C13H19NO4S. The van der Waals surface area contributed by atoms with Gasteiger partial charge in [-0.2, -0.15) is 0 Å². The molecule has 1 unspecified atom stereocenters. The molecule has 0 bridgehead atoms. The number of benzene rings is 1. The maximum Gasteiger partial charge on any atom is 0.175 e. The molecule has 0 aliphatic carbocycles. The van der Waals surface area contributed by atoms with Gasteiger partial charge >= 0.3 is 0 Å². The standard InChI is InChI=1S/C13H19NO4S/c1-19(15,16)13-4-2-11(3-5-13)8-14-9-12-6-7-17-10-18-12/h2-5,12,14H,6-10H2,1H3. The molecule has 1 aromatic carbocycles. The number of rotatable bonds is 5. The van der Waals surface area contributed by atoms with E-state index in [0.717, 1.165) is 25.1 Å². The van der Waals surface area contributed by atoms with Crippen LogP contribution in [-0.2, 0) is 25.9 Å². The second-order valence-electron chi connectivity index (χ2n) is 4.65. The molecule has 1 aromatic rings. The molecule has 1 aliphatic heterocycles. The third-order valence-corrected chi connectivity index (χ3v) is 4.15. The summed E-state index contributed by atoms with van der Waals surface area (Å²) < 4.78 is 33.2. The van der Waals surface area contributed by atoms with Gasteiger partial charge in [0.1, 0.15) is 6.79 Å². The van der Waals surface area contributed by atoms with Gasteiger partial charge in [0, 0.05) is 19.3 Å². The smallest absolute Gasteiger partial charge is 0.175 e. The number of nitrogens with one attached hydrogen (secondary N) is 1. The minimum atomic E-state index is -3.11. The highest BCUT2D eigenvalue weighted by Crippen LogP contribution is 2.10. The minimum Gasteiger partial charge on any atom is -0.355 e. The molecule has 1 heterocycles. The Morgan fingerprint density at radius 1 is 1.32 bits per heavy atom. The normalized spacial score (nSPS) is 20.4. The summed E-state index contributed by atoms with van der Waals surface area (Å²) in [6.07, 6.45) is 2.31. The molecule has 5 nitrogen and oxygen atoms in total. The molecule has 1 aliphatic rings. The number of sulfone groups is 1. The van der Waals surface area contributed by atoms with Gasteiger partial charge in [-0.3, -0.25) is 0 Å². The summed E-state index contributed by atoms with van der Waals surface area (Å²) in [7, 11) is -3.11. The molecule has 1 fully saturated rings. The Bertz CT molecular complexity index is 492. The van der Waals surface area contributed by atoms with Crippen molar-refractivity contribution in [2.45, 2.75) is 24.0 Å². The number of hydrogen-bond acceptors (Lipinski definition) is 5. The van der Waals surface area contributed by atoms with E-state index in [4.69, 9.17) is 9.47 Å². The Kier molecular flexibility index (Phi) is 4.93. The van der Waals surface area contributed by atoms with Gasteiger partial charge in [-0.25, -0.2) is 8.42 Å². The molecule has 0 aromatic heterocycles. The van der Waals surface area contributed by atoms with Gasteiger partial charge in [0.05, 0.1) is 17.6 Å². The first kappa shape index (κ1) is 14.5. The zero-order valence-corrected chi connectivity index (χ0v) is 11.8. The fourth-order valence-corrected chi connectivity index (χ4v) is 2.52. The quantitative estimate of drug-likeness (QED) is 0.872. The van der Waals surface area contributed by atoms with Crippen LogP contribution in [-0.4, -0.2) is 40.7 Å². The topological polar surface area (TPSA) is 64.6 Å². The molecule has 19 heavy (non-hydrogen) atoms. The first-order valence-corrected chi connectivity index (χ1v) is 8.14. The van der Waals surface area contributed by atoms with Gasteiger partial charge in [0.2, 0.25) is 0 Å². The van der Waals surface area contributed by atoms with E-state index >= 15 is 0 Å². The lowest BCUT2D eigenvalue weighted by molar-refractivity contribution is -0.137. The molecule has 1 N–H and O–H groups in total. The predicted octanol–water partition coefficient (Wildman–Crippen LogP) is 0.943. The third kappa shape index (κ3) is 4.58. The number of hydrogen-bond donors (Lipinski definition) is 1. The van der Waals surface area contributed by atoms with E-state index in [2.05, 4.69) is 5.32 Å². The van der Waals surface area contributed by atoms with Crippen molar-refractivity contribution in [1.82, 2.24) is 5.32 Å². The van der Waals surface area contributed by atoms with Gasteiger partial charge in [-0.15, -0.1) is 0 Å². The maximum absolute atomic E-state index is 11.3. The van der Waals surface area contributed by atoms with Crippen LogP contribution in [0.25, 0.3) is 0 Å². The van der Waals surface area contributed by atoms with Crippen molar-refractivity contribution in [3.63, 3.8) is 0 Å². The van der Waals surface area contributed by atoms with Gasteiger partial charge < -0.3 is 14.8 Å². The third-order valence-electron chi connectivity index (χ3n) is 3.02. The molecule has 0 saturated carbocycles. The predicted molar refractivity (Wildman–Crippen MR) is 71.6 cm³/mol. The highest BCUT2D eigenvalue weighted by atomic mass is 32.2. The average molecular weight is 285 g/mol. The molecule has 0 radical (unpaired) electrons. The van der Waals surface area contributed by atoms with E-state index in [-0.39, 0.29) is 6.10 Å². The molecule has 106 valence electrons. The Hall–Kier alpha value is -0.950. The van der Waals surface area contributed by atoms with Crippen molar-refractivity contribution < 1.29 is 17.9 Å². The maximum atomic E-state index is 11.3. The lowest BCUT2D eigenvalue weighted by Gasteiger charge is -2.23. The van der Waals surface area contributed by atoms with Crippen LogP contribution in [0.1, 0.15) is 12.0 Å². The average Bonchev–Trinajstić information content (AvgIpc) is 2.39. The van der Waals surface area contributed by atoms with Crippen LogP contribution in [0.4, 0.5) is 0 Å². The van der Waals surface area contributed by atoms with Crippen LogP contribution in [0.2, 0.25) is 0 Å². The van der Waals surface area contributed by atoms with Gasteiger partial charge in [-0.05, 0) is 24.1 Å². The SMILES string of the molecule is CS(=O)(=O)c1ccc(CNCC2CCOCO2)cc1. The van der Waals surface area contributed by atoms with Gasteiger partial charge in [0.15, 0.2) is 9.84 Å². The van der Waals surface area contributed by atoms with Crippen molar-refractivity contribution in [3.05, 3.63) is 29.8 Å². The van der Waals surface area contributed by atoms with Crippen LogP contribution < -0.4 is 5.32 Å². The summed E-state index contributed by atoms with van der Waals surface area (Å²) >= 11 is 0. The van der Waals surface area contributed by atoms with Crippen molar-refractivity contribution in [1.29, 1.82) is 0 Å². The highest BCUT2D eigenvalue weighted by molar-refractivity contribution is 7.90. The summed E-state index contributed by atoms with van der Waals surface area (Å²) in [5, 5.41) is 3.30. The van der Waals surface area contributed by atoms with Crippen LogP contribution >= 0.6 is 0 Å². The van der Waals surface area contributed by atoms with Crippen molar-refractivity contribution >= 4 is 9.84 Å². The second-order valence-corrected chi connectivity index (χ2v) is 6.67. The zero-order valence-electron chi connectivity index (χ0n) is 11.0. The highest BCUT2D eigenvalue weighted by Gasteiger charge is 2.13. The Labute approximate surface area is 113 Å². The van der Waals surface area contributed by atoms with Crippen molar-refractivity contribution in [2.24, 2.45) is 0 Å². The first-order valence-electron chi connectivity index (χ1n) is 6.25. The molecule has 1 atom stereocenters. The first-order chi connectivity index (χ1) is 9.05.